The molecule has 2 aromatic heterocycles. The summed E-state index contributed by atoms with van der Waals surface area (Å²) in [7, 11) is 0. The van der Waals surface area contributed by atoms with Crippen molar-refractivity contribution in [2.24, 2.45) is 5.41 Å². The first-order chi connectivity index (χ1) is 19.6. The number of anilines is 5. The summed E-state index contributed by atoms with van der Waals surface area (Å²) in [5.41, 5.74) is 7.78. The van der Waals surface area contributed by atoms with E-state index in [0.717, 1.165) is 62.9 Å². The molecule has 0 spiro atoms. The van der Waals surface area contributed by atoms with Crippen molar-refractivity contribution in [3.05, 3.63) is 36.7 Å². The Labute approximate surface area is 240 Å². The average Bonchev–Trinajstić information content (AvgIpc) is 3.15. The Hall–Kier alpha value is -4.42. The zero-order valence-electron chi connectivity index (χ0n) is 24.2. The van der Waals surface area contributed by atoms with E-state index in [1.807, 2.05) is 48.8 Å². The minimum absolute atomic E-state index is 0.0902. The number of nitrogens with two attached hydrogens (primary N) is 1. The Morgan fingerprint density at radius 3 is 2.20 bits per heavy atom. The van der Waals surface area contributed by atoms with Gasteiger partial charge in [0.2, 0.25) is 23.7 Å². The molecular weight excluding hydrogens is 522 g/mol. The van der Waals surface area contributed by atoms with Crippen LogP contribution < -0.4 is 20.9 Å². The number of nitrogen functional groups attached to an aromatic ring is 1. The Kier molecular flexibility index (Phi) is 7.95. The van der Waals surface area contributed by atoms with Crippen LogP contribution in [0.3, 0.4) is 0 Å². The van der Waals surface area contributed by atoms with E-state index in [0.29, 0.717) is 24.9 Å². The number of amides is 2. The molecule has 3 aromatic rings. The molecule has 2 saturated heterocycles. The number of aromatic nitrogens is 5. The van der Waals surface area contributed by atoms with E-state index in [2.05, 4.69) is 47.3 Å². The SMILES string of the molecule is CC(=O)N1CCCN(c2cc(-n3nc(Nc4ccc(N5CCN(C(=O)C(C)(C)C)CC5)cc4)nc3N)ncn2)CC1. The minimum atomic E-state index is -0.359. The summed E-state index contributed by atoms with van der Waals surface area (Å²) in [6.07, 6.45) is 2.36. The summed E-state index contributed by atoms with van der Waals surface area (Å²) in [5.74, 6) is 2.12. The molecule has 13 nitrogen and oxygen atoms in total. The van der Waals surface area contributed by atoms with Gasteiger partial charge in [0.15, 0.2) is 5.82 Å². The lowest BCUT2D eigenvalue weighted by Gasteiger charge is -2.38. The molecule has 0 bridgehead atoms. The normalized spacial score (nSPS) is 16.5. The van der Waals surface area contributed by atoms with Gasteiger partial charge in [-0.1, -0.05) is 20.8 Å². The number of benzene rings is 1. The fraction of sp³-hybridized carbons (Fsp3) is 0.500. The molecule has 218 valence electrons. The maximum atomic E-state index is 12.6. The first kappa shape index (κ1) is 28.1. The molecule has 4 heterocycles. The lowest BCUT2D eigenvalue weighted by atomic mass is 9.94. The van der Waals surface area contributed by atoms with E-state index < -0.39 is 0 Å². The highest BCUT2D eigenvalue weighted by Gasteiger charge is 2.29. The lowest BCUT2D eigenvalue weighted by molar-refractivity contribution is -0.139. The second kappa shape index (κ2) is 11.6. The van der Waals surface area contributed by atoms with Crippen molar-refractivity contribution in [2.45, 2.75) is 34.1 Å². The van der Waals surface area contributed by atoms with Gasteiger partial charge < -0.3 is 30.7 Å². The van der Waals surface area contributed by atoms with Crippen LogP contribution in [0.1, 0.15) is 34.1 Å². The van der Waals surface area contributed by atoms with Gasteiger partial charge in [-0.2, -0.15) is 9.67 Å². The van der Waals surface area contributed by atoms with E-state index in [9.17, 15) is 9.59 Å². The highest BCUT2D eigenvalue weighted by atomic mass is 16.2. The molecule has 2 fully saturated rings. The molecule has 2 aliphatic heterocycles. The van der Waals surface area contributed by atoms with Crippen LogP contribution in [0.15, 0.2) is 36.7 Å². The monoisotopic (exact) mass is 561 g/mol. The minimum Gasteiger partial charge on any atom is -0.368 e. The third-order valence-electron chi connectivity index (χ3n) is 7.45. The predicted molar refractivity (Wildman–Crippen MR) is 158 cm³/mol. The molecule has 0 atom stereocenters. The van der Waals surface area contributed by atoms with Crippen LogP contribution in [0.2, 0.25) is 0 Å². The number of carbonyl (C=O) groups excluding carboxylic acids is 2. The van der Waals surface area contributed by atoms with Gasteiger partial charge in [0.25, 0.3) is 0 Å². The third-order valence-corrected chi connectivity index (χ3v) is 7.45. The van der Waals surface area contributed by atoms with Gasteiger partial charge in [0.1, 0.15) is 12.1 Å². The van der Waals surface area contributed by atoms with E-state index in [4.69, 9.17) is 5.73 Å². The maximum absolute atomic E-state index is 12.6. The molecule has 2 amide bonds. The Morgan fingerprint density at radius 1 is 0.854 bits per heavy atom. The zero-order valence-corrected chi connectivity index (χ0v) is 24.2. The van der Waals surface area contributed by atoms with Crippen molar-refractivity contribution in [3.8, 4) is 5.82 Å². The van der Waals surface area contributed by atoms with Crippen molar-refractivity contribution in [1.82, 2.24) is 34.5 Å². The van der Waals surface area contributed by atoms with Crippen LogP contribution in [-0.4, -0.2) is 98.7 Å². The smallest absolute Gasteiger partial charge is 0.248 e. The van der Waals surface area contributed by atoms with Crippen molar-refractivity contribution in [2.75, 3.05) is 73.2 Å². The summed E-state index contributed by atoms with van der Waals surface area (Å²) >= 11 is 0. The fourth-order valence-electron chi connectivity index (χ4n) is 5.16. The second-order valence-corrected chi connectivity index (χ2v) is 11.5. The Morgan fingerprint density at radius 2 is 1.51 bits per heavy atom. The maximum Gasteiger partial charge on any atom is 0.248 e. The third kappa shape index (κ3) is 6.50. The molecule has 0 aliphatic carbocycles. The zero-order chi connectivity index (χ0) is 29.1. The van der Waals surface area contributed by atoms with Crippen LogP contribution in [0, 0.1) is 5.41 Å². The standard InChI is InChI=1S/C28H39N11O2/c1-20(40)35-10-5-11-37(15-12-35)23-18-24(31-19-30-23)39-26(29)33-27(34-39)32-21-6-8-22(9-7-21)36-13-16-38(17-14-36)25(41)28(2,3)4/h6-9,18-19H,5,10-17H2,1-4H3,(H3,29,32,33,34). The largest absolute Gasteiger partial charge is 0.368 e. The molecule has 0 unspecified atom stereocenters. The number of rotatable bonds is 5. The van der Waals surface area contributed by atoms with E-state index >= 15 is 0 Å². The van der Waals surface area contributed by atoms with Crippen molar-refractivity contribution >= 4 is 40.9 Å². The van der Waals surface area contributed by atoms with E-state index in [1.165, 1.54) is 11.0 Å². The predicted octanol–water partition coefficient (Wildman–Crippen LogP) is 2.14. The number of hydrogen-bond acceptors (Lipinski definition) is 10. The van der Waals surface area contributed by atoms with Gasteiger partial charge in [-0.3, -0.25) is 9.59 Å². The van der Waals surface area contributed by atoms with Crippen LogP contribution in [-0.2, 0) is 9.59 Å². The van der Waals surface area contributed by atoms with Crippen LogP contribution in [0.4, 0.5) is 29.1 Å². The molecule has 41 heavy (non-hydrogen) atoms. The summed E-state index contributed by atoms with van der Waals surface area (Å²) in [6, 6.07) is 9.89. The number of piperazine rings is 1. The number of nitrogens with one attached hydrogen (secondary N) is 1. The summed E-state index contributed by atoms with van der Waals surface area (Å²) in [5, 5.41) is 7.75. The molecule has 13 heteroatoms. The van der Waals surface area contributed by atoms with Gasteiger partial charge in [0.05, 0.1) is 0 Å². The van der Waals surface area contributed by atoms with Crippen LogP contribution in [0.25, 0.3) is 5.82 Å². The van der Waals surface area contributed by atoms with Crippen molar-refractivity contribution in [1.29, 1.82) is 0 Å². The Balaban J connectivity index is 1.21. The number of hydrogen-bond donors (Lipinski definition) is 2. The van der Waals surface area contributed by atoms with Gasteiger partial charge >= 0.3 is 0 Å². The Bertz CT molecular complexity index is 1370. The van der Waals surface area contributed by atoms with Crippen molar-refractivity contribution in [3.63, 3.8) is 0 Å². The molecule has 5 rings (SSSR count). The quantitative estimate of drug-likeness (QED) is 0.476. The molecular formula is C28H39N11O2. The number of carbonyl (C=O) groups is 2. The molecule has 2 aliphatic rings. The van der Waals surface area contributed by atoms with Gasteiger partial charge in [-0.15, -0.1) is 5.10 Å². The highest BCUT2D eigenvalue weighted by molar-refractivity contribution is 5.81. The van der Waals surface area contributed by atoms with Crippen LogP contribution in [0.5, 0.6) is 0 Å². The van der Waals surface area contributed by atoms with Crippen molar-refractivity contribution < 1.29 is 9.59 Å². The van der Waals surface area contributed by atoms with Crippen LogP contribution >= 0.6 is 0 Å². The highest BCUT2D eigenvalue weighted by Crippen LogP contribution is 2.24. The second-order valence-electron chi connectivity index (χ2n) is 11.5. The topological polar surface area (TPSA) is 142 Å². The first-order valence-electron chi connectivity index (χ1n) is 14.1. The molecule has 3 N–H and O–H groups in total. The summed E-state index contributed by atoms with van der Waals surface area (Å²) in [6.45, 7) is 13.4. The first-order valence-corrected chi connectivity index (χ1v) is 14.1. The molecule has 0 radical (unpaired) electrons. The van der Waals surface area contributed by atoms with E-state index in [1.54, 1.807) is 6.92 Å². The summed E-state index contributed by atoms with van der Waals surface area (Å²) in [4.78, 5) is 45.8. The van der Waals surface area contributed by atoms with Gasteiger partial charge in [0, 0.05) is 82.1 Å². The summed E-state index contributed by atoms with van der Waals surface area (Å²) < 4.78 is 1.49. The number of nitrogens with zero attached hydrogens (tertiary/aromatic N) is 9. The lowest BCUT2D eigenvalue weighted by Crippen LogP contribution is -2.51. The van der Waals surface area contributed by atoms with Gasteiger partial charge in [-0.25, -0.2) is 9.97 Å². The average molecular weight is 562 g/mol. The molecule has 0 saturated carbocycles. The van der Waals surface area contributed by atoms with Gasteiger partial charge in [-0.05, 0) is 30.7 Å². The molecule has 1 aromatic carbocycles. The fourth-order valence-corrected chi connectivity index (χ4v) is 5.16. The van der Waals surface area contributed by atoms with E-state index in [-0.39, 0.29) is 23.2 Å².